The summed E-state index contributed by atoms with van der Waals surface area (Å²) >= 11 is 0. The Labute approximate surface area is 139 Å². The average Bonchev–Trinajstić information content (AvgIpc) is 2.98. The zero-order valence-corrected chi connectivity index (χ0v) is 13.7. The van der Waals surface area contributed by atoms with E-state index in [0.29, 0.717) is 30.4 Å². The Balaban J connectivity index is 1.87. The highest BCUT2D eigenvalue weighted by Crippen LogP contribution is 2.34. The Hall–Kier alpha value is -2.54. The fourth-order valence-corrected chi connectivity index (χ4v) is 2.74. The van der Waals surface area contributed by atoms with Gasteiger partial charge < -0.3 is 19.3 Å². The number of aryl methyl sites for hydroxylation is 1. The predicted octanol–water partition coefficient (Wildman–Crippen LogP) is 2.35. The Morgan fingerprint density at radius 2 is 2.04 bits per heavy atom. The molecule has 1 N–H and O–H groups in total. The van der Waals surface area contributed by atoms with Crippen LogP contribution in [0.5, 0.6) is 11.5 Å². The fraction of sp³-hybridized carbons (Fsp3) is 0.412. The molecule has 1 aliphatic heterocycles. The Bertz CT molecular complexity index is 735. The highest BCUT2D eigenvalue weighted by atomic mass is 16.5. The van der Waals surface area contributed by atoms with Crippen LogP contribution in [-0.2, 0) is 11.8 Å². The van der Waals surface area contributed by atoms with Crippen molar-refractivity contribution in [3.63, 3.8) is 0 Å². The van der Waals surface area contributed by atoms with Crippen molar-refractivity contribution in [2.75, 3.05) is 20.3 Å². The van der Waals surface area contributed by atoms with Gasteiger partial charge in [0.25, 0.3) is 0 Å². The molecule has 24 heavy (non-hydrogen) atoms. The summed E-state index contributed by atoms with van der Waals surface area (Å²) in [5, 5.41) is 13.1. The summed E-state index contributed by atoms with van der Waals surface area (Å²) < 4.78 is 18.3. The molecule has 1 aromatic carbocycles. The van der Waals surface area contributed by atoms with Crippen LogP contribution in [-0.4, -0.2) is 47.3 Å². The molecule has 1 aromatic heterocycles. The third-order valence-corrected chi connectivity index (χ3v) is 4.02. The zero-order valence-electron chi connectivity index (χ0n) is 13.7. The van der Waals surface area contributed by atoms with Gasteiger partial charge in [0.15, 0.2) is 17.2 Å². The van der Waals surface area contributed by atoms with Crippen molar-refractivity contribution in [1.82, 2.24) is 9.78 Å². The largest absolute Gasteiger partial charge is 0.493 e. The molecule has 0 radical (unpaired) electrons. The van der Waals surface area contributed by atoms with Gasteiger partial charge in [-0.1, -0.05) is 0 Å². The molecule has 2 heterocycles. The van der Waals surface area contributed by atoms with Crippen molar-refractivity contribution < 1.29 is 24.1 Å². The number of benzene rings is 1. The van der Waals surface area contributed by atoms with Crippen LogP contribution in [0.25, 0.3) is 11.3 Å². The number of hydrogen-bond acceptors (Lipinski definition) is 5. The first kappa shape index (κ1) is 16.3. The lowest BCUT2D eigenvalue weighted by Crippen LogP contribution is -2.26. The van der Waals surface area contributed by atoms with Crippen LogP contribution < -0.4 is 9.47 Å². The van der Waals surface area contributed by atoms with E-state index in [2.05, 4.69) is 5.10 Å². The van der Waals surface area contributed by atoms with Gasteiger partial charge in [0.05, 0.1) is 26.0 Å². The maximum atomic E-state index is 11.1. The van der Waals surface area contributed by atoms with Crippen LogP contribution in [0.3, 0.4) is 0 Å². The first-order chi connectivity index (χ1) is 11.6. The number of rotatable bonds is 5. The van der Waals surface area contributed by atoms with E-state index in [9.17, 15) is 4.79 Å². The molecule has 1 fully saturated rings. The number of carboxylic acid groups (broad SMARTS) is 1. The summed E-state index contributed by atoms with van der Waals surface area (Å²) in [6.45, 7) is 1.41. The molecule has 0 spiro atoms. The van der Waals surface area contributed by atoms with E-state index in [1.54, 1.807) is 14.2 Å². The Morgan fingerprint density at radius 1 is 1.29 bits per heavy atom. The third-order valence-electron chi connectivity index (χ3n) is 4.02. The van der Waals surface area contributed by atoms with Gasteiger partial charge in [-0.15, -0.1) is 0 Å². The molecular formula is C17H20N2O5. The Morgan fingerprint density at radius 3 is 2.67 bits per heavy atom. The molecule has 1 aliphatic rings. The van der Waals surface area contributed by atoms with E-state index in [-0.39, 0.29) is 11.8 Å². The number of ether oxygens (including phenoxy) is 3. The van der Waals surface area contributed by atoms with E-state index in [1.807, 2.05) is 18.2 Å². The number of aromatic carboxylic acids is 1. The maximum Gasteiger partial charge on any atom is 0.356 e. The van der Waals surface area contributed by atoms with Gasteiger partial charge in [-0.25, -0.2) is 4.79 Å². The molecule has 3 rings (SSSR count). The van der Waals surface area contributed by atoms with Gasteiger partial charge in [-0.05, 0) is 24.3 Å². The number of carboxylic acids is 1. The highest BCUT2D eigenvalue weighted by molar-refractivity contribution is 5.87. The second-order valence-corrected chi connectivity index (χ2v) is 5.64. The second-order valence-electron chi connectivity index (χ2n) is 5.64. The predicted molar refractivity (Wildman–Crippen MR) is 86.6 cm³/mol. The number of nitrogens with zero attached hydrogens (tertiary/aromatic N) is 2. The first-order valence-corrected chi connectivity index (χ1v) is 7.78. The minimum atomic E-state index is -1.05. The molecule has 0 amide bonds. The lowest BCUT2D eigenvalue weighted by atomic mass is 10.1. The molecule has 2 aromatic rings. The highest BCUT2D eigenvalue weighted by Gasteiger charge is 2.19. The SMILES string of the molecule is COc1cc(-c2cc(C(=O)O)nn2C)ccc1OC1CCOCC1. The van der Waals surface area contributed by atoms with Gasteiger partial charge in [-0.3, -0.25) is 4.68 Å². The lowest BCUT2D eigenvalue weighted by Gasteiger charge is -2.24. The van der Waals surface area contributed by atoms with Gasteiger partial charge in [0.1, 0.15) is 6.10 Å². The normalized spacial score (nSPS) is 15.2. The number of methoxy groups -OCH3 is 1. The van der Waals surface area contributed by atoms with Crippen LogP contribution in [0.4, 0.5) is 0 Å². The molecule has 0 bridgehead atoms. The summed E-state index contributed by atoms with van der Waals surface area (Å²) in [4.78, 5) is 11.1. The van der Waals surface area contributed by atoms with Crippen LogP contribution in [0.15, 0.2) is 24.3 Å². The van der Waals surface area contributed by atoms with E-state index >= 15 is 0 Å². The van der Waals surface area contributed by atoms with E-state index < -0.39 is 5.97 Å². The summed E-state index contributed by atoms with van der Waals surface area (Å²) in [6.07, 6.45) is 1.83. The van der Waals surface area contributed by atoms with Crippen LogP contribution in [0.2, 0.25) is 0 Å². The van der Waals surface area contributed by atoms with Gasteiger partial charge in [0.2, 0.25) is 0 Å². The van der Waals surface area contributed by atoms with Crippen molar-refractivity contribution in [2.24, 2.45) is 7.05 Å². The number of carbonyl (C=O) groups is 1. The molecule has 1 saturated heterocycles. The maximum absolute atomic E-state index is 11.1. The monoisotopic (exact) mass is 332 g/mol. The van der Waals surface area contributed by atoms with Crippen molar-refractivity contribution >= 4 is 5.97 Å². The summed E-state index contributed by atoms with van der Waals surface area (Å²) in [5.74, 6) is 0.231. The smallest absolute Gasteiger partial charge is 0.356 e. The van der Waals surface area contributed by atoms with Crippen LogP contribution in [0.1, 0.15) is 23.3 Å². The first-order valence-electron chi connectivity index (χ1n) is 7.78. The lowest BCUT2D eigenvalue weighted by molar-refractivity contribution is 0.0245. The minimum absolute atomic E-state index is 0.00833. The van der Waals surface area contributed by atoms with E-state index in [1.165, 1.54) is 10.7 Å². The summed E-state index contributed by atoms with van der Waals surface area (Å²) in [5.41, 5.74) is 1.52. The van der Waals surface area contributed by atoms with Crippen molar-refractivity contribution in [2.45, 2.75) is 18.9 Å². The molecule has 0 aliphatic carbocycles. The molecule has 0 atom stereocenters. The number of hydrogen-bond donors (Lipinski definition) is 1. The quantitative estimate of drug-likeness (QED) is 0.905. The molecule has 0 saturated carbocycles. The van der Waals surface area contributed by atoms with Gasteiger partial charge >= 0.3 is 5.97 Å². The molecule has 7 nitrogen and oxygen atoms in total. The average molecular weight is 332 g/mol. The molecular weight excluding hydrogens is 312 g/mol. The third kappa shape index (κ3) is 3.35. The fourth-order valence-electron chi connectivity index (χ4n) is 2.74. The summed E-state index contributed by atoms with van der Waals surface area (Å²) in [6, 6.07) is 7.09. The van der Waals surface area contributed by atoms with Crippen molar-refractivity contribution in [3.8, 4) is 22.8 Å². The molecule has 0 unspecified atom stereocenters. The molecule has 128 valence electrons. The number of aromatic nitrogens is 2. The van der Waals surface area contributed by atoms with Crippen LogP contribution >= 0.6 is 0 Å². The summed E-state index contributed by atoms with van der Waals surface area (Å²) in [7, 11) is 3.29. The minimum Gasteiger partial charge on any atom is -0.493 e. The topological polar surface area (TPSA) is 82.8 Å². The van der Waals surface area contributed by atoms with Crippen molar-refractivity contribution in [1.29, 1.82) is 0 Å². The molecule has 7 heteroatoms. The second kappa shape index (κ2) is 6.92. The van der Waals surface area contributed by atoms with E-state index in [0.717, 1.165) is 18.4 Å². The zero-order chi connectivity index (χ0) is 17.1. The van der Waals surface area contributed by atoms with Gasteiger partial charge in [-0.2, -0.15) is 5.10 Å². The van der Waals surface area contributed by atoms with Crippen LogP contribution in [0, 0.1) is 0 Å². The van der Waals surface area contributed by atoms with Crippen molar-refractivity contribution in [3.05, 3.63) is 30.0 Å². The van der Waals surface area contributed by atoms with E-state index in [4.69, 9.17) is 19.3 Å². The standard InChI is InChI=1S/C17H20N2O5/c1-19-14(10-13(18-19)17(20)21)11-3-4-15(16(9-11)22-2)24-12-5-7-23-8-6-12/h3-4,9-10,12H,5-8H2,1-2H3,(H,20,21). The van der Waals surface area contributed by atoms with Gasteiger partial charge in [0, 0.05) is 25.5 Å². The Kier molecular flexibility index (Phi) is 4.71.